The third-order valence-corrected chi connectivity index (χ3v) is 1.33. The molecule has 1 rings (SSSR count). The van der Waals surface area contributed by atoms with E-state index in [1.807, 2.05) is 0 Å². The number of nitrogens with zero attached hydrogens (tertiary/aromatic N) is 2. The quantitative estimate of drug-likeness (QED) is 0.640. The molecular formula is C7H9F2N2. The van der Waals surface area contributed by atoms with Crippen molar-refractivity contribution < 1.29 is 8.78 Å². The highest BCUT2D eigenvalue weighted by atomic mass is 19.3. The van der Waals surface area contributed by atoms with Crippen molar-refractivity contribution >= 4 is 0 Å². The zero-order valence-corrected chi connectivity index (χ0v) is 6.43. The van der Waals surface area contributed by atoms with E-state index >= 15 is 0 Å². The molecule has 0 saturated heterocycles. The molecule has 1 radical (unpaired) electrons. The number of hydrogen-bond acceptors (Lipinski definition) is 1. The molecule has 2 nitrogen and oxygen atoms in total. The minimum atomic E-state index is -2.35. The van der Waals surface area contributed by atoms with Gasteiger partial charge in [0, 0.05) is 11.8 Å². The van der Waals surface area contributed by atoms with E-state index in [9.17, 15) is 8.78 Å². The fraction of sp³-hybridized carbons (Fsp3) is 0.571. The van der Waals surface area contributed by atoms with Crippen LogP contribution in [-0.2, 0) is 6.54 Å². The van der Waals surface area contributed by atoms with Crippen LogP contribution in [0.2, 0.25) is 0 Å². The van der Waals surface area contributed by atoms with Crippen molar-refractivity contribution in [2.45, 2.75) is 26.8 Å². The van der Waals surface area contributed by atoms with Crippen LogP contribution in [0.5, 0.6) is 0 Å². The molecule has 0 spiro atoms. The van der Waals surface area contributed by atoms with E-state index in [2.05, 4.69) is 11.2 Å². The minimum Gasteiger partial charge on any atom is -0.263 e. The molecule has 61 valence electrons. The van der Waals surface area contributed by atoms with E-state index in [-0.39, 0.29) is 6.54 Å². The molecule has 0 fully saturated rings. The number of alkyl halides is 2. The maximum absolute atomic E-state index is 11.8. The highest BCUT2D eigenvalue weighted by molar-refractivity contribution is 5.03. The number of aryl methyl sites for hydroxylation is 2. The van der Waals surface area contributed by atoms with Crippen LogP contribution in [0.15, 0.2) is 0 Å². The number of rotatable bonds is 2. The Bertz CT molecular complexity index is 243. The van der Waals surface area contributed by atoms with Crippen LogP contribution < -0.4 is 0 Å². The second-order valence-corrected chi connectivity index (χ2v) is 2.37. The lowest BCUT2D eigenvalue weighted by molar-refractivity contribution is 0.121. The van der Waals surface area contributed by atoms with Gasteiger partial charge in [0.1, 0.15) is 6.54 Å². The summed E-state index contributed by atoms with van der Waals surface area (Å²) in [5.41, 5.74) is 1.31. The SMILES string of the molecule is Cc1[c]c(C)n(CC(F)F)n1. The van der Waals surface area contributed by atoms with Gasteiger partial charge in [0.25, 0.3) is 6.43 Å². The Morgan fingerprint density at radius 1 is 1.55 bits per heavy atom. The highest BCUT2D eigenvalue weighted by Crippen LogP contribution is 2.03. The van der Waals surface area contributed by atoms with Crippen LogP contribution in [0, 0.1) is 19.9 Å². The second-order valence-electron chi connectivity index (χ2n) is 2.37. The molecule has 0 aliphatic carbocycles. The van der Waals surface area contributed by atoms with Crippen molar-refractivity contribution in [3.8, 4) is 0 Å². The maximum atomic E-state index is 11.8. The van der Waals surface area contributed by atoms with Crippen molar-refractivity contribution in [1.29, 1.82) is 0 Å². The van der Waals surface area contributed by atoms with E-state index in [1.165, 1.54) is 4.68 Å². The molecule has 0 aliphatic heterocycles. The molecule has 1 aromatic heterocycles. The predicted octanol–water partition coefficient (Wildman–Crippen LogP) is 1.57. The summed E-state index contributed by atoms with van der Waals surface area (Å²) in [4.78, 5) is 0. The van der Waals surface area contributed by atoms with Crippen LogP contribution in [0.3, 0.4) is 0 Å². The third-order valence-electron chi connectivity index (χ3n) is 1.33. The van der Waals surface area contributed by atoms with Crippen LogP contribution in [0.1, 0.15) is 11.4 Å². The number of hydrogen-bond donors (Lipinski definition) is 0. The molecule has 11 heavy (non-hydrogen) atoms. The summed E-state index contributed by atoms with van der Waals surface area (Å²) in [6, 6.07) is 2.83. The Morgan fingerprint density at radius 3 is 2.55 bits per heavy atom. The Labute approximate surface area is 63.8 Å². The molecule has 0 saturated carbocycles. The molecule has 0 aromatic carbocycles. The van der Waals surface area contributed by atoms with Crippen LogP contribution >= 0.6 is 0 Å². The first-order valence-electron chi connectivity index (χ1n) is 3.31. The number of halogens is 2. The Hall–Kier alpha value is -0.930. The smallest absolute Gasteiger partial charge is 0.257 e. The standard InChI is InChI=1S/C7H9F2N2/c1-5-3-6(2)11(10-5)4-7(8)9/h7H,4H2,1-2H3. The summed E-state index contributed by atoms with van der Waals surface area (Å²) in [7, 11) is 0. The second kappa shape index (κ2) is 2.98. The van der Waals surface area contributed by atoms with E-state index < -0.39 is 6.43 Å². The zero-order valence-electron chi connectivity index (χ0n) is 6.43. The molecule has 1 aromatic rings. The van der Waals surface area contributed by atoms with Gasteiger partial charge in [-0.25, -0.2) is 8.78 Å². The van der Waals surface area contributed by atoms with Crippen molar-refractivity contribution in [2.75, 3.05) is 0 Å². The Morgan fingerprint density at radius 2 is 2.18 bits per heavy atom. The van der Waals surface area contributed by atoms with Gasteiger partial charge in [-0.3, -0.25) is 4.68 Å². The van der Waals surface area contributed by atoms with Crippen molar-refractivity contribution in [2.24, 2.45) is 0 Å². The van der Waals surface area contributed by atoms with Crippen molar-refractivity contribution in [3.63, 3.8) is 0 Å². The molecular weight excluding hydrogens is 150 g/mol. The topological polar surface area (TPSA) is 17.8 Å². The Kier molecular flexibility index (Phi) is 2.22. The van der Waals surface area contributed by atoms with E-state index in [1.54, 1.807) is 13.8 Å². The van der Waals surface area contributed by atoms with Gasteiger partial charge in [-0.1, -0.05) is 0 Å². The average molecular weight is 159 g/mol. The normalized spacial score (nSPS) is 11.0. The van der Waals surface area contributed by atoms with Gasteiger partial charge in [-0.2, -0.15) is 5.10 Å². The van der Waals surface area contributed by atoms with Gasteiger partial charge in [0.2, 0.25) is 0 Å². The highest BCUT2D eigenvalue weighted by Gasteiger charge is 2.07. The van der Waals surface area contributed by atoms with Crippen molar-refractivity contribution in [1.82, 2.24) is 9.78 Å². The van der Waals surface area contributed by atoms with Gasteiger partial charge >= 0.3 is 0 Å². The minimum absolute atomic E-state index is 0.337. The molecule has 0 bridgehead atoms. The molecule has 0 unspecified atom stereocenters. The van der Waals surface area contributed by atoms with E-state index in [0.717, 1.165) is 0 Å². The molecule has 0 amide bonds. The van der Waals surface area contributed by atoms with Gasteiger partial charge in [-0.05, 0) is 13.8 Å². The summed E-state index contributed by atoms with van der Waals surface area (Å²) in [6.07, 6.45) is -2.35. The maximum Gasteiger partial charge on any atom is 0.257 e. The van der Waals surface area contributed by atoms with Gasteiger partial charge in [-0.15, -0.1) is 0 Å². The predicted molar refractivity (Wildman–Crippen MR) is 36.5 cm³/mol. The fourth-order valence-electron chi connectivity index (χ4n) is 0.916. The first-order valence-corrected chi connectivity index (χ1v) is 3.31. The van der Waals surface area contributed by atoms with Gasteiger partial charge < -0.3 is 0 Å². The molecule has 0 atom stereocenters. The first kappa shape index (κ1) is 8.17. The summed E-state index contributed by atoms with van der Waals surface area (Å²) in [5, 5.41) is 3.83. The van der Waals surface area contributed by atoms with E-state index in [4.69, 9.17) is 0 Å². The van der Waals surface area contributed by atoms with Crippen molar-refractivity contribution in [3.05, 3.63) is 17.5 Å². The zero-order chi connectivity index (χ0) is 8.43. The lowest BCUT2D eigenvalue weighted by atomic mass is 10.4. The van der Waals surface area contributed by atoms with Crippen LogP contribution in [0.4, 0.5) is 8.78 Å². The fourth-order valence-corrected chi connectivity index (χ4v) is 0.916. The average Bonchev–Trinajstić information content (AvgIpc) is 2.09. The summed E-state index contributed by atoms with van der Waals surface area (Å²) < 4.78 is 24.9. The molecule has 4 heteroatoms. The lowest BCUT2D eigenvalue weighted by Crippen LogP contribution is -2.09. The lowest BCUT2D eigenvalue weighted by Gasteiger charge is -2.01. The van der Waals surface area contributed by atoms with Gasteiger partial charge in [0.05, 0.1) is 5.69 Å². The molecule has 0 aliphatic rings. The first-order chi connectivity index (χ1) is 5.09. The number of aromatic nitrogens is 2. The Balaban J connectivity index is 2.77. The molecule has 0 N–H and O–H groups in total. The van der Waals surface area contributed by atoms with Gasteiger partial charge in [0.15, 0.2) is 0 Å². The summed E-state index contributed by atoms with van der Waals surface area (Å²) in [6.45, 7) is 3.10. The summed E-state index contributed by atoms with van der Waals surface area (Å²) >= 11 is 0. The monoisotopic (exact) mass is 159 g/mol. The van der Waals surface area contributed by atoms with Crippen LogP contribution in [0.25, 0.3) is 0 Å². The van der Waals surface area contributed by atoms with Crippen LogP contribution in [-0.4, -0.2) is 16.2 Å². The van der Waals surface area contributed by atoms with E-state index in [0.29, 0.717) is 11.4 Å². The molecule has 1 heterocycles. The largest absolute Gasteiger partial charge is 0.263 e. The third kappa shape index (κ3) is 2.00. The summed E-state index contributed by atoms with van der Waals surface area (Å²) in [5.74, 6) is 0.